The van der Waals surface area contributed by atoms with Crippen LogP contribution in [-0.4, -0.2) is 41.4 Å². The molecule has 1 aliphatic heterocycles. The summed E-state index contributed by atoms with van der Waals surface area (Å²) in [7, 11) is 0. The van der Waals surface area contributed by atoms with Crippen LogP contribution >= 0.6 is 0 Å². The molecule has 1 heterocycles. The molecular weight excluding hydrogens is 426 g/mol. The van der Waals surface area contributed by atoms with Gasteiger partial charge >= 0.3 is 5.97 Å². The number of esters is 1. The monoisotopic (exact) mass is 459 g/mol. The zero-order chi connectivity index (χ0) is 23.3. The molecule has 2 aromatic rings. The van der Waals surface area contributed by atoms with Crippen molar-refractivity contribution in [2.45, 2.75) is 75.5 Å². The molecule has 0 radical (unpaired) electrons. The van der Waals surface area contributed by atoms with E-state index in [1.165, 1.54) is 25.3 Å². The van der Waals surface area contributed by atoms with E-state index >= 15 is 0 Å². The van der Waals surface area contributed by atoms with Gasteiger partial charge in [-0.3, -0.25) is 14.5 Å². The zero-order valence-electron chi connectivity index (χ0n) is 19.9. The molecule has 178 valence electrons. The topological polar surface area (TPSA) is 55.8 Å². The first-order valence-electron chi connectivity index (χ1n) is 12.7. The molecule has 0 spiro atoms. The van der Waals surface area contributed by atoms with E-state index < -0.39 is 11.0 Å². The summed E-state index contributed by atoms with van der Waals surface area (Å²) in [5.41, 5.74) is 2.43. The van der Waals surface area contributed by atoms with Crippen molar-refractivity contribution in [2.24, 2.45) is 5.92 Å². The summed E-state index contributed by atoms with van der Waals surface area (Å²) in [6.45, 7) is 4.05. The maximum atomic E-state index is 12.9. The number of Topliss-reactive ketones (excluding diaryl/α,β-unsaturated/α-hetero) is 1. The Balaban J connectivity index is 1.41. The third kappa shape index (κ3) is 3.56. The molecule has 0 unspecified atom stereocenters. The van der Waals surface area contributed by atoms with Crippen LogP contribution in [0.15, 0.2) is 48.5 Å². The highest BCUT2D eigenvalue weighted by Crippen LogP contribution is 2.60. The predicted octanol–water partition coefficient (Wildman–Crippen LogP) is 4.60. The maximum absolute atomic E-state index is 12.9. The van der Waals surface area contributed by atoms with Gasteiger partial charge in [-0.15, -0.1) is 0 Å². The molecule has 2 aromatic carbocycles. The van der Waals surface area contributed by atoms with Crippen molar-refractivity contribution in [1.82, 2.24) is 4.90 Å². The Bertz CT molecular complexity index is 1110. The first-order chi connectivity index (χ1) is 16.5. The van der Waals surface area contributed by atoms with Gasteiger partial charge in [0.15, 0.2) is 0 Å². The number of carbonyl (C=O) groups excluding carboxylic acids is 2. The highest BCUT2D eigenvalue weighted by Gasteiger charge is 2.67. The number of ketones is 1. The second-order valence-electron chi connectivity index (χ2n) is 10.8. The molecule has 5 heteroatoms. The Morgan fingerprint density at radius 3 is 2.71 bits per heavy atom. The van der Waals surface area contributed by atoms with E-state index in [0.29, 0.717) is 25.9 Å². The fraction of sp³-hybridized carbons (Fsp3) is 0.517. The standard InChI is InChI=1S/C29H33NO4/c1-20(31)34-29-12-11-24(32)17-28(29)13-14-30(18-21-7-8-21)27(29)15-23-9-10-25(16-26(23)28)33-19-22-5-3-2-4-6-22/h2-6,9-10,16,21,27H,7-8,11-15,17-19H2,1H3/t27-,28-,29-/m1/s1. The van der Waals surface area contributed by atoms with Gasteiger partial charge in [0.25, 0.3) is 0 Å². The summed E-state index contributed by atoms with van der Waals surface area (Å²) in [5, 5.41) is 0. The molecule has 3 fully saturated rings. The van der Waals surface area contributed by atoms with Crippen molar-refractivity contribution in [3.05, 3.63) is 65.2 Å². The van der Waals surface area contributed by atoms with Crippen LogP contribution in [0.2, 0.25) is 0 Å². The van der Waals surface area contributed by atoms with Crippen LogP contribution in [0.3, 0.4) is 0 Å². The molecule has 2 bridgehead atoms. The van der Waals surface area contributed by atoms with E-state index in [1.807, 2.05) is 18.2 Å². The number of nitrogens with zero attached hydrogens (tertiary/aromatic N) is 1. The molecule has 5 nitrogen and oxygen atoms in total. The highest BCUT2D eigenvalue weighted by atomic mass is 16.6. The molecular formula is C29H33NO4. The molecule has 4 aliphatic rings. The van der Waals surface area contributed by atoms with Crippen LogP contribution in [0, 0.1) is 5.92 Å². The Morgan fingerprint density at radius 1 is 1.12 bits per heavy atom. The van der Waals surface area contributed by atoms with E-state index in [9.17, 15) is 9.59 Å². The number of fused-ring (bicyclic) bond motifs is 1. The maximum Gasteiger partial charge on any atom is 0.303 e. The number of piperidine rings is 1. The normalized spacial score (nSPS) is 30.3. The minimum absolute atomic E-state index is 0.127. The molecule has 0 aromatic heterocycles. The summed E-state index contributed by atoms with van der Waals surface area (Å²) < 4.78 is 12.6. The number of likely N-dealkylation sites (tertiary alicyclic amines) is 1. The summed E-state index contributed by atoms with van der Waals surface area (Å²) in [6, 6.07) is 16.7. The van der Waals surface area contributed by atoms with E-state index in [2.05, 4.69) is 35.2 Å². The Morgan fingerprint density at radius 2 is 1.94 bits per heavy atom. The van der Waals surface area contributed by atoms with Crippen LogP contribution in [0.1, 0.15) is 62.1 Å². The SMILES string of the molecule is CC(=O)O[C@@]12CCC(=O)C[C@@]13CCN(CC1CC1)[C@@H]2Cc1ccc(OCc2ccccc2)cc13. The van der Waals surface area contributed by atoms with Gasteiger partial charge in [0.1, 0.15) is 23.7 Å². The van der Waals surface area contributed by atoms with Crippen LogP contribution in [0.5, 0.6) is 5.75 Å². The Hall–Kier alpha value is -2.66. The van der Waals surface area contributed by atoms with Crippen molar-refractivity contribution in [2.75, 3.05) is 13.1 Å². The average Bonchev–Trinajstić information content (AvgIpc) is 3.64. The van der Waals surface area contributed by atoms with Gasteiger partial charge in [-0.1, -0.05) is 36.4 Å². The molecule has 3 atom stereocenters. The second-order valence-corrected chi connectivity index (χ2v) is 10.8. The molecule has 2 saturated carbocycles. The number of rotatable bonds is 6. The van der Waals surface area contributed by atoms with E-state index in [1.54, 1.807) is 0 Å². The molecule has 3 aliphatic carbocycles. The van der Waals surface area contributed by atoms with Crippen molar-refractivity contribution >= 4 is 11.8 Å². The number of benzene rings is 2. The number of ether oxygens (including phenoxy) is 2. The summed E-state index contributed by atoms with van der Waals surface area (Å²) >= 11 is 0. The van der Waals surface area contributed by atoms with Gasteiger partial charge in [-0.2, -0.15) is 0 Å². The zero-order valence-corrected chi connectivity index (χ0v) is 19.9. The van der Waals surface area contributed by atoms with Crippen molar-refractivity contribution < 1.29 is 19.1 Å². The van der Waals surface area contributed by atoms with Gasteiger partial charge in [0, 0.05) is 31.7 Å². The summed E-state index contributed by atoms with van der Waals surface area (Å²) in [6.07, 6.45) is 5.84. The average molecular weight is 460 g/mol. The lowest BCUT2D eigenvalue weighted by molar-refractivity contribution is -0.205. The third-order valence-electron chi connectivity index (χ3n) is 8.66. The summed E-state index contributed by atoms with van der Waals surface area (Å²) in [5.74, 6) is 1.62. The van der Waals surface area contributed by atoms with Crippen molar-refractivity contribution in [3.63, 3.8) is 0 Å². The Kier molecular flexibility index (Phi) is 5.29. The molecule has 1 saturated heterocycles. The quantitative estimate of drug-likeness (QED) is 0.591. The summed E-state index contributed by atoms with van der Waals surface area (Å²) in [4.78, 5) is 28.0. The number of carbonyl (C=O) groups is 2. The minimum Gasteiger partial charge on any atom is -0.489 e. The third-order valence-corrected chi connectivity index (χ3v) is 8.66. The molecule has 0 amide bonds. The van der Waals surface area contributed by atoms with E-state index in [4.69, 9.17) is 9.47 Å². The lowest BCUT2D eigenvalue weighted by Gasteiger charge is -2.64. The second kappa shape index (κ2) is 8.23. The van der Waals surface area contributed by atoms with Crippen LogP contribution in [0.4, 0.5) is 0 Å². The number of hydrogen-bond acceptors (Lipinski definition) is 5. The molecule has 34 heavy (non-hydrogen) atoms. The molecule has 6 rings (SSSR count). The van der Waals surface area contributed by atoms with E-state index in [0.717, 1.165) is 48.7 Å². The van der Waals surface area contributed by atoms with E-state index in [-0.39, 0.29) is 17.8 Å². The smallest absolute Gasteiger partial charge is 0.303 e. The van der Waals surface area contributed by atoms with Gasteiger partial charge in [0.2, 0.25) is 0 Å². The Labute approximate surface area is 201 Å². The van der Waals surface area contributed by atoms with Crippen molar-refractivity contribution in [1.29, 1.82) is 0 Å². The number of hydrogen-bond donors (Lipinski definition) is 0. The predicted molar refractivity (Wildman–Crippen MR) is 129 cm³/mol. The fourth-order valence-electron chi connectivity index (χ4n) is 7.00. The van der Waals surface area contributed by atoms with Gasteiger partial charge < -0.3 is 9.47 Å². The van der Waals surface area contributed by atoms with Crippen LogP contribution in [0.25, 0.3) is 0 Å². The van der Waals surface area contributed by atoms with Crippen LogP contribution in [-0.2, 0) is 32.8 Å². The first-order valence-corrected chi connectivity index (χ1v) is 12.7. The lowest BCUT2D eigenvalue weighted by atomic mass is 9.49. The fourth-order valence-corrected chi connectivity index (χ4v) is 7.00. The van der Waals surface area contributed by atoms with Crippen LogP contribution < -0.4 is 4.74 Å². The van der Waals surface area contributed by atoms with Crippen molar-refractivity contribution in [3.8, 4) is 5.75 Å². The van der Waals surface area contributed by atoms with Gasteiger partial charge in [0.05, 0.1) is 6.04 Å². The lowest BCUT2D eigenvalue weighted by Crippen LogP contribution is -2.74. The largest absolute Gasteiger partial charge is 0.489 e. The van der Waals surface area contributed by atoms with Gasteiger partial charge in [-0.05, 0) is 73.4 Å². The first kappa shape index (κ1) is 21.8. The van der Waals surface area contributed by atoms with Gasteiger partial charge in [-0.25, -0.2) is 0 Å². The minimum atomic E-state index is -0.648. The molecule has 0 N–H and O–H groups in total. The highest BCUT2D eigenvalue weighted by molar-refractivity contribution is 5.83.